The summed E-state index contributed by atoms with van der Waals surface area (Å²) in [5.74, 6) is 2.55. The normalized spacial score (nSPS) is 13.9. The molecule has 0 spiro atoms. The predicted molar refractivity (Wildman–Crippen MR) is 129 cm³/mol. The van der Waals surface area contributed by atoms with Crippen LogP contribution in [0.15, 0.2) is 12.2 Å². The summed E-state index contributed by atoms with van der Waals surface area (Å²) >= 11 is 0. The number of hydrogen-bond donors (Lipinski definition) is 0. The fourth-order valence-corrected chi connectivity index (χ4v) is 3.73. The van der Waals surface area contributed by atoms with Gasteiger partial charge in [-0.05, 0) is 49.0 Å². The summed E-state index contributed by atoms with van der Waals surface area (Å²) in [5.41, 5.74) is 1.13. The Bertz CT molecular complexity index is 354. The smallest absolute Gasteiger partial charge is 0.179 e. The van der Waals surface area contributed by atoms with Gasteiger partial charge in [-0.3, -0.25) is 0 Å². The molecule has 0 fully saturated rings. The fraction of sp³-hybridized carbons (Fsp3) is 0.926. The molecule has 0 aromatic carbocycles. The van der Waals surface area contributed by atoms with E-state index in [1.807, 2.05) is 0 Å². The van der Waals surface area contributed by atoms with Crippen LogP contribution in [0.25, 0.3) is 0 Å². The zero-order valence-electron chi connectivity index (χ0n) is 20.9. The first-order chi connectivity index (χ1) is 13.9. The summed E-state index contributed by atoms with van der Waals surface area (Å²) in [6.45, 7) is 19.7. The van der Waals surface area contributed by atoms with E-state index in [0.29, 0.717) is 0 Å². The summed E-state index contributed by atoms with van der Waals surface area (Å²) in [7, 11) is 0. The molecule has 0 saturated heterocycles. The summed E-state index contributed by atoms with van der Waals surface area (Å²) in [6, 6.07) is 0. The Hall–Kier alpha value is -0.340. The van der Waals surface area contributed by atoms with Crippen molar-refractivity contribution in [2.45, 2.75) is 131 Å². The van der Waals surface area contributed by atoms with Crippen molar-refractivity contribution in [2.24, 2.45) is 17.8 Å². The molecule has 0 aliphatic heterocycles. The molecule has 0 heterocycles. The van der Waals surface area contributed by atoms with Crippen LogP contribution < -0.4 is 0 Å². The minimum Gasteiger partial charge on any atom is -0.349 e. The van der Waals surface area contributed by atoms with Gasteiger partial charge in [0.05, 0.1) is 13.2 Å². The van der Waals surface area contributed by atoms with E-state index >= 15 is 0 Å². The Morgan fingerprint density at radius 3 is 1.55 bits per heavy atom. The highest BCUT2D eigenvalue weighted by Gasteiger charge is 2.14. The third kappa shape index (κ3) is 18.2. The van der Waals surface area contributed by atoms with Crippen molar-refractivity contribution >= 4 is 0 Å². The van der Waals surface area contributed by atoms with E-state index in [1.165, 1.54) is 51.4 Å². The van der Waals surface area contributed by atoms with E-state index in [4.69, 9.17) is 9.47 Å². The quantitative estimate of drug-likeness (QED) is 0.107. The van der Waals surface area contributed by atoms with Crippen molar-refractivity contribution in [2.75, 3.05) is 13.2 Å². The third-order valence-corrected chi connectivity index (χ3v) is 5.93. The molecule has 0 aliphatic rings. The van der Waals surface area contributed by atoms with Crippen LogP contribution in [0.5, 0.6) is 0 Å². The van der Waals surface area contributed by atoms with Crippen LogP contribution in [-0.2, 0) is 9.47 Å². The molecule has 29 heavy (non-hydrogen) atoms. The Morgan fingerprint density at radius 2 is 1.10 bits per heavy atom. The largest absolute Gasteiger partial charge is 0.349 e. The number of rotatable bonds is 21. The molecule has 0 aliphatic carbocycles. The molecular formula is C27H54O2. The van der Waals surface area contributed by atoms with Crippen LogP contribution in [0.3, 0.4) is 0 Å². The maximum absolute atomic E-state index is 5.96. The minimum atomic E-state index is -0.199. The fourth-order valence-electron chi connectivity index (χ4n) is 3.73. The van der Waals surface area contributed by atoms with E-state index in [9.17, 15) is 0 Å². The minimum absolute atomic E-state index is 0.199. The Labute approximate surface area is 184 Å². The van der Waals surface area contributed by atoms with Gasteiger partial charge in [-0.1, -0.05) is 106 Å². The van der Waals surface area contributed by atoms with Crippen LogP contribution >= 0.6 is 0 Å². The van der Waals surface area contributed by atoms with Crippen LogP contribution in [0.2, 0.25) is 0 Å². The standard InChI is InChI=1S/C27H54O2/c1-8-10-21-28-27(29-22-11-9-2)26(7)20-14-19-25(6)18-13-17-24(5)16-12-15-23(3)4/h23-25,27H,7-22H2,1-6H3. The van der Waals surface area contributed by atoms with Gasteiger partial charge in [-0.2, -0.15) is 0 Å². The molecule has 0 amide bonds. The number of unbranched alkanes of at least 4 members (excludes halogenated alkanes) is 2. The second-order valence-electron chi connectivity index (χ2n) is 9.80. The lowest BCUT2D eigenvalue weighted by atomic mass is 9.91. The molecule has 0 rings (SSSR count). The summed E-state index contributed by atoms with van der Waals surface area (Å²) < 4.78 is 11.9. The molecule has 2 heteroatoms. The highest BCUT2D eigenvalue weighted by atomic mass is 16.7. The van der Waals surface area contributed by atoms with Gasteiger partial charge in [-0.25, -0.2) is 0 Å². The molecule has 0 N–H and O–H groups in total. The number of ether oxygens (including phenoxy) is 2. The van der Waals surface area contributed by atoms with E-state index in [1.54, 1.807) is 0 Å². The van der Waals surface area contributed by atoms with Crippen molar-refractivity contribution < 1.29 is 9.47 Å². The van der Waals surface area contributed by atoms with E-state index < -0.39 is 0 Å². The van der Waals surface area contributed by atoms with E-state index in [-0.39, 0.29) is 6.29 Å². The van der Waals surface area contributed by atoms with Gasteiger partial charge < -0.3 is 9.47 Å². The van der Waals surface area contributed by atoms with Crippen LogP contribution in [-0.4, -0.2) is 19.5 Å². The first-order valence-corrected chi connectivity index (χ1v) is 12.8. The molecule has 0 bridgehead atoms. The maximum Gasteiger partial charge on any atom is 0.179 e. The SMILES string of the molecule is C=C(CCCC(C)CCCC(C)CCCC(C)C)C(OCCCC)OCCCC. The van der Waals surface area contributed by atoms with Gasteiger partial charge >= 0.3 is 0 Å². The lowest BCUT2D eigenvalue weighted by Gasteiger charge is -2.21. The van der Waals surface area contributed by atoms with E-state index in [0.717, 1.165) is 68.6 Å². The van der Waals surface area contributed by atoms with Crippen molar-refractivity contribution in [3.8, 4) is 0 Å². The Kier molecular flexibility index (Phi) is 19.4. The van der Waals surface area contributed by atoms with Crippen LogP contribution in [0.1, 0.15) is 125 Å². The lowest BCUT2D eigenvalue weighted by Crippen LogP contribution is -2.21. The first-order valence-electron chi connectivity index (χ1n) is 12.8. The zero-order valence-corrected chi connectivity index (χ0v) is 20.9. The molecule has 2 atom stereocenters. The topological polar surface area (TPSA) is 18.5 Å². The average Bonchev–Trinajstić information content (AvgIpc) is 2.66. The van der Waals surface area contributed by atoms with E-state index in [2.05, 4.69) is 48.1 Å². The van der Waals surface area contributed by atoms with Crippen molar-refractivity contribution in [3.05, 3.63) is 12.2 Å². The maximum atomic E-state index is 5.96. The van der Waals surface area contributed by atoms with Gasteiger partial charge in [0, 0.05) is 0 Å². The monoisotopic (exact) mass is 410 g/mol. The highest BCUT2D eigenvalue weighted by molar-refractivity contribution is 4.98. The van der Waals surface area contributed by atoms with Gasteiger partial charge in [0.1, 0.15) is 0 Å². The Morgan fingerprint density at radius 1 is 0.655 bits per heavy atom. The highest BCUT2D eigenvalue weighted by Crippen LogP contribution is 2.23. The molecule has 174 valence electrons. The van der Waals surface area contributed by atoms with Gasteiger partial charge in [-0.15, -0.1) is 0 Å². The third-order valence-electron chi connectivity index (χ3n) is 5.93. The molecular weight excluding hydrogens is 356 g/mol. The Balaban J connectivity index is 3.95. The predicted octanol–water partition coefficient (Wildman–Crippen LogP) is 8.94. The van der Waals surface area contributed by atoms with Gasteiger partial charge in [0.15, 0.2) is 6.29 Å². The molecule has 2 unspecified atom stereocenters. The molecule has 0 aromatic heterocycles. The van der Waals surface area contributed by atoms with Crippen molar-refractivity contribution in [1.29, 1.82) is 0 Å². The molecule has 0 radical (unpaired) electrons. The summed E-state index contributed by atoms with van der Waals surface area (Å²) in [5, 5.41) is 0. The van der Waals surface area contributed by atoms with Gasteiger partial charge in [0.2, 0.25) is 0 Å². The average molecular weight is 411 g/mol. The van der Waals surface area contributed by atoms with Gasteiger partial charge in [0.25, 0.3) is 0 Å². The summed E-state index contributed by atoms with van der Waals surface area (Å²) in [6.07, 6.45) is 16.1. The lowest BCUT2D eigenvalue weighted by molar-refractivity contribution is -0.121. The molecule has 0 aromatic rings. The zero-order chi connectivity index (χ0) is 21.9. The van der Waals surface area contributed by atoms with Crippen LogP contribution in [0.4, 0.5) is 0 Å². The molecule has 2 nitrogen and oxygen atoms in total. The van der Waals surface area contributed by atoms with Crippen molar-refractivity contribution in [1.82, 2.24) is 0 Å². The first kappa shape index (κ1) is 28.7. The van der Waals surface area contributed by atoms with Crippen molar-refractivity contribution in [3.63, 3.8) is 0 Å². The second kappa shape index (κ2) is 19.6. The number of hydrogen-bond acceptors (Lipinski definition) is 2. The van der Waals surface area contributed by atoms with Crippen LogP contribution in [0, 0.1) is 17.8 Å². The second-order valence-corrected chi connectivity index (χ2v) is 9.80. The summed E-state index contributed by atoms with van der Waals surface area (Å²) in [4.78, 5) is 0. The molecule has 0 saturated carbocycles.